The molecule has 0 atom stereocenters. The topological polar surface area (TPSA) is 243 Å². The van der Waals surface area contributed by atoms with Gasteiger partial charge in [-0.2, -0.15) is 0 Å². The van der Waals surface area contributed by atoms with E-state index in [1.54, 1.807) is 0 Å². The van der Waals surface area contributed by atoms with Gasteiger partial charge < -0.3 is 60.3 Å². The molecule has 12 nitrogen and oxygen atoms in total. The molecule has 0 saturated heterocycles. The van der Waals surface area contributed by atoms with Gasteiger partial charge >= 0.3 is 48.1 Å². The third kappa shape index (κ3) is 40.1. The average molecular weight is 421 g/mol. The number of halogens is 5. The first kappa shape index (κ1) is 37.9. The maximum atomic E-state index is 12.0. The minimum Gasteiger partial charge on any atom is -0.402 e. The van der Waals surface area contributed by atoms with Crippen molar-refractivity contribution in [2.24, 2.45) is 0 Å². The van der Waals surface area contributed by atoms with Crippen molar-refractivity contribution in [1.82, 2.24) is 0 Å². The van der Waals surface area contributed by atoms with E-state index in [1.165, 1.54) is 0 Å². The fourth-order valence-corrected chi connectivity index (χ4v) is 0.495. The van der Waals surface area contributed by atoms with Gasteiger partial charge in [0, 0.05) is 0 Å². The summed E-state index contributed by atoms with van der Waals surface area (Å²) in [6, 6.07) is 1.02. The first-order valence-corrected chi connectivity index (χ1v) is 5.54. The van der Waals surface area contributed by atoms with E-state index in [-0.39, 0.29) is 18.9 Å². The molecule has 0 aromatic heterocycles. The Morgan fingerprint density at radius 3 is 0.714 bits per heavy atom. The molecule has 0 aliphatic carbocycles. The Kier molecular flexibility index (Phi) is 30.5. The minimum atomic E-state index is -2.17. The standard InChI is InChI=1S/C6F5.4BH3O3.Li/c7-2-1-3(8)5(10)6(11)4(2)9;4*2-1(3)4;/h;4*2-4H;/q-1;;;;;+1. The molecule has 1 aromatic rings. The third-order valence-electron chi connectivity index (χ3n) is 0.990. The summed E-state index contributed by atoms with van der Waals surface area (Å²) in [5.41, 5.74) is 0. The first-order chi connectivity index (χ1) is 12.0. The zero-order valence-corrected chi connectivity index (χ0v) is 13.6. The molecule has 12 N–H and O–H groups in total. The van der Waals surface area contributed by atoms with Crippen molar-refractivity contribution in [3.05, 3.63) is 35.2 Å². The van der Waals surface area contributed by atoms with Crippen molar-refractivity contribution in [1.29, 1.82) is 0 Å². The molecule has 0 heterocycles. The van der Waals surface area contributed by atoms with E-state index in [2.05, 4.69) is 0 Å². The van der Waals surface area contributed by atoms with Crippen LogP contribution in [-0.2, 0) is 0 Å². The Morgan fingerprint density at radius 1 is 0.429 bits per heavy atom. The molecule has 1 aromatic carbocycles. The van der Waals surface area contributed by atoms with Gasteiger partial charge in [0.1, 0.15) is 0 Å². The Balaban J connectivity index is -0.0000000879. The maximum absolute atomic E-state index is 12.0. The van der Waals surface area contributed by atoms with Gasteiger partial charge in [-0.3, -0.25) is 8.78 Å². The van der Waals surface area contributed by atoms with E-state index < -0.39 is 58.4 Å². The summed E-state index contributed by atoms with van der Waals surface area (Å²) in [6.45, 7) is 0. The van der Waals surface area contributed by atoms with Gasteiger partial charge in [0.05, 0.1) is 29.1 Å². The fraction of sp³-hybridized carbons (Fsp3) is 0. The van der Waals surface area contributed by atoms with Crippen LogP contribution in [0.15, 0.2) is 0 Å². The Hall–Kier alpha value is -0.753. The smallest absolute Gasteiger partial charge is 0.402 e. The zero-order chi connectivity index (χ0) is 22.9. The van der Waals surface area contributed by atoms with Crippen LogP contribution in [0, 0.1) is 35.2 Å². The predicted molar refractivity (Wildman–Crippen MR) is 74.7 cm³/mol. The molecule has 22 heteroatoms. The van der Waals surface area contributed by atoms with Crippen molar-refractivity contribution in [2.75, 3.05) is 0 Å². The molecule has 0 unspecified atom stereocenters. The summed E-state index contributed by atoms with van der Waals surface area (Å²) in [7, 11) is -8.67. The van der Waals surface area contributed by atoms with Crippen LogP contribution in [-0.4, -0.2) is 89.6 Å². The van der Waals surface area contributed by atoms with Crippen LogP contribution in [0.25, 0.3) is 0 Å². The van der Waals surface area contributed by atoms with Crippen LogP contribution < -0.4 is 18.9 Å². The average Bonchev–Trinajstić information content (AvgIpc) is 2.40. The van der Waals surface area contributed by atoms with Crippen molar-refractivity contribution in [3.8, 4) is 0 Å². The Labute approximate surface area is 166 Å². The van der Waals surface area contributed by atoms with Crippen LogP contribution in [0.3, 0.4) is 0 Å². The second-order valence-electron chi connectivity index (χ2n) is 3.08. The predicted octanol–water partition coefficient (Wildman–Crippen LogP) is -9.02. The molecule has 28 heavy (non-hydrogen) atoms. The first-order valence-electron chi connectivity index (χ1n) is 5.54. The number of rotatable bonds is 0. The summed E-state index contributed by atoms with van der Waals surface area (Å²) in [5.74, 6) is -10.0. The Morgan fingerprint density at radius 2 is 0.571 bits per heavy atom. The molecule has 0 bridgehead atoms. The molecular formula is C6H12B4F5LiO12. The number of benzene rings is 1. The van der Waals surface area contributed by atoms with Gasteiger partial charge in [0.25, 0.3) is 0 Å². The van der Waals surface area contributed by atoms with Crippen molar-refractivity contribution in [2.45, 2.75) is 0 Å². The summed E-state index contributed by atoms with van der Waals surface area (Å²) in [4.78, 5) is 0. The molecule has 0 fully saturated rings. The van der Waals surface area contributed by atoms with E-state index in [0.29, 0.717) is 0 Å². The molecule has 0 amide bonds. The molecular weight excluding hydrogens is 409 g/mol. The maximum Gasteiger partial charge on any atom is 1.00 e. The van der Waals surface area contributed by atoms with Crippen molar-refractivity contribution in [3.63, 3.8) is 0 Å². The molecule has 1 rings (SSSR count). The number of hydrogen-bond acceptors (Lipinski definition) is 12. The van der Waals surface area contributed by atoms with Gasteiger partial charge in [0.2, 0.25) is 0 Å². The van der Waals surface area contributed by atoms with Crippen LogP contribution in [0.5, 0.6) is 0 Å². The van der Waals surface area contributed by atoms with Gasteiger partial charge in [-0.05, 0) is 0 Å². The molecule has 0 spiro atoms. The fourth-order valence-electron chi connectivity index (χ4n) is 0.495. The van der Waals surface area contributed by atoms with Crippen LogP contribution in [0.2, 0.25) is 0 Å². The molecule has 0 saturated carbocycles. The zero-order valence-electron chi connectivity index (χ0n) is 13.6. The van der Waals surface area contributed by atoms with Crippen LogP contribution >= 0.6 is 0 Å². The Bertz CT molecular complexity index is 429. The second-order valence-corrected chi connectivity index (χ2v) is 3.08. The van der Waals surface area contributed by atoms with E-state index >= 15 is 0 Å². The van der Waals surface area contributed by atoms with Gasteiger partial charge in [0.15, 0.2) is 0 Å². The largest absolute Gasteiger partial charge is 1.00 e. The molecule has 0 radical (unpaired) electrons. The third-order valence-corrected chi connectivity index (χ3v) is 0.990. The SMILES string of the molecule is Fc1[c-]c(F)c(F)c(F)c1F.OB(O)O.OB(O)O.OB(O)O.OB(O)O.[Li+]. The van der Waals surface area contributed by atoms with Crippen LogP contribution in [0.4, 0.5) is 22.0 Å². The van der Waals surface area contributed by atoms with E-state index in [0.717, 1.165) is 6.07 Å². The summed E-state index contributed by atoms with van der Waals surface area (Å²) < 4.78 is 59.9. The quantitative estimate of drug-likeness (QED) is 0.0614. The summed E-state index contributed by atoms with van der Waals surface area (Å²) in [5, 5.41) is 86.0. The van der Waals surface area contributed by atoms with E-state index in [1.807, 2.05) is 0 Å². The molecule has 156 valence electrons. The van der Waals surface area contributed by atoms with Crippen LogP contribution in [0.1, 0.15) is 0 Å². The molecule has 0 aliphatic heterocycles. The van der Waals surface area contributed by atoms with Crippen molar-refractivity contribution >= 4 is 29.3 Å². The second kappa shape index (κ2) is 22.5. The monoisotopic (exact) mass is 422 g/mol. The van der Waals surface area contributed by atoms with E-state index in [4.69, 9.17) is 60.3 Å². The van der Waals surface area contributed by atoms with Gasteiger partial charge in [-0.15, -0.1) is 6.07 Å². The van der Waals surface area contributed by atoms with Crippen molar-refractivity contribution < 1.29 is 101 Å². The van der Waals surface area contributed by atoms with E-state index in [9.17, 15) is 22.0 Å². The summed E-state index contributed by atoms with van der Waals surface area (Å²) >= 11 is 0. The molecule has 0 aliphatic rings. The van der Waals surface area contributed by atoms with Gasteiger partial charge in [-0.1, -0.05) is 0 Å². The normalized spacial score (nSPS) is 7.89. The minimum absolute atomic E-state index is 0. The summed E-state index contributed by atoms with van der Waals surface area (Å²) in [6.07, 6.45) is 0. The number of hydrogen-bond donors (Lipinski definition) is 12. The van der Waals surface area contributed by atoms with Gasteiger partial charge in [-0.25, -0.2) is 13.2 Å².